The van der Waals surface area contributed by atoms with Crippen LogP contribution in [0.1, 0.15) is 110 Å². The number of aromatic nitrogens is 2. The topological polar surface area (TPSA) is 191 Å². The molecule has 4 amide bonds. The molecule has 2 saturated heterocycles. The Morgan fingerprint density at radius 3 is 1.63 bits per heavy atom. The van der Waals surface area contributed by atoms with Gasteiger partial charge in [-0.3, -0.25) is 28.8 Å². The second-order valence-electron chi connectivity index (χ2n) is 19.3. The first-order valence-corrected chi connectivity index (χ1v) is 24.5. The first-order chi connectivity index (χ1) is 35.2. The summed E-state index contributed by atoms with van der Waals surface area (Å²) in [6, 6.07) is 15.2. The fourth-order valence-electron chi connectivity index (χ4n) is 11.1. The Kier molecular flexibility index (Phi) is 13.9. The van der Waals surface area contributed by atoms with Crippen molar-refractivity contribution in [2.45, 2.75) is 109 Å². The molecule has 0 spiro atoms. The van der Waals surface area contributed by atoms with Gasteiger partial charge in [-0.2, -0.15) is 0 Å². The lowest BCUT2D eigenvalue weighted by atomic mass is 9.82. The van der Waals surface area contributed by atoms with Crippen molar-refractivity contribution >= 4 is 23.6 Å². The second kappa shape index (κ2) is 20.7. The van der Waals surface area contributed by atoms with E-state index in [1.54, 1.807) is 14.4 Å². The smallest absolute Gasteiger partial charge is 0.276 e. The lowest BCUT2D eigenvalue weighted by Gasteiger charge is -2.50. The van der Waals surface area contributed by atoms with Crippen LogP contribution in [0.2, 0.25) is 0 Å². The third kappa shape index (κ3) is 9.72. The molecule has 3 N–H and O–H groups in total. The van der Waals surface area contributed by atoms with Crippen LogP contribution in [0.15, 0.2) is 88.7 Å². The number of aromatic hydroxyl groups is 1. The molecule has 4 fully saturated rings. The first kappa shape index (κ1) is 49.3. The highest BCUT2D eigenvalue weighted by Gasteiger charge is 2.48. The number of pyridine rings is 2. The van der Waals surface area contributed by atoms with Crippen LogP contribution >= 0.6 is 0 Å². The summed E-state index contributed by atoms with van der Waals surface area (Å²) in [5.74, 6) is -6.09. The Bertz CT molecular complexity index is 3120. The number of nitrogens with one attached hydrogen (secondary N) is 2. The van der Waals surface area contributed by atoms with Crippen molar-refractivity contribution in [1.29, 1.82) is 0 Å². The van der Waals surface area contributed by atoms with Gasteiger partial charge in [-0.25, -0.2) is 17.6 Å². The Morgan fingerprint density at radius 1 is 0.630 bits per heavy atom. The molecule has 11 rings (SSSR count). The minimum Gasteiger partial charge on any atom is -0.503 e. The number of carbonyl (C=O) groups excluding carboxylic acids is 4. The van der Waals surface area contributed by atoms with E-state index in [1.165, 1.54) is 29.1 Å². The van der Waals surface area contributed by atoms with Crippen molar-refractivity contribution in [3.63, 3.8) is 0 Å². The van der Waals surface area contributed by atoms with E-state index in [0.717, 1.165) is 75.1 Å². The van der Waals surface area contributed by atoms with E-state index in [-0.39, 0.29) is 102 Å². The van der Waals surface area contributed by atoms with Gasteiger partial charge in [-0.1, -0.05) is 68.1 Å². The van der Waals surface area contributed by atoms with Crippen LogP contribution < -0.4 is 26.2 Å². The highest BCUT2D eigenvalue weighted by molar-refractivity contribution is 6.00. The van der Waals surface area contributed by atoms with Crippen molar-refractivity contribution in [1.82, 2.24) is 29.6 Å². The molecular weight excluding hydrogens is 957 g/mol. The molecule has 2 aliphatic carbocycles. The summed E-state index contributed by atoms with van der Waals surface area (Å²) in [6.45, 7) is 0.987. The Hall–Kier alpha value is -7.32. The van der Waals surface area contributed by atoms with E-state index in [9.17, 15) is 51.4 Å². The van der Waals surface area contributed by atoms with E-state index in [0.29, 0.717) is 19.3 Å². The van der Waals surface area contributed by atoms with E-state index >= 15 is 0 Å². The molecule has 3 aromatic carbocycles. The van der Waals surface area contributed by atoms with Crippen LogP contribution in [0.3, 0.4) is 0 Å². The van der Waals surface area contributed by atoms with Crippen molar-refractivity contribution in [2.75, 3.05) is 13.2 Å². The number of amides is 4. The Morgan fingerprint density at radius 2 is 1.11 bits per heavy atom. The van der Waals surface area contributed by atoms with E-state index in [4.69, 9.17) is 14.2 Å². The first-order valence-electron chi connectivity index (χ1n) is 24.5. The zero-order chi connectivity index (χ0) is 51.1. The molecule has 0 bridgehead atoms. The van der Waals surface area contributed by atoms with Gasteiger partial charge in [0.2, 0.25) is 10.9 Å². The molecule has 382 valence electrons. The minimum atomic E-state index is -0.983. The molecule has 73 heavy (non-hydrogen) atoms. The molecule has 6 atom stereocenters. The molecule has 6 heterocycles. The van der Waals surface area contributed by atoms with Gasteiger partial charge in [0, 0.05) is 72.7 Å². The van der Waals surface area contributed by atoms with Crippen LogP contribution in [0.25, 0.3) is 0 Å². The standard InChI is InChI=1S/C30H29F2N3O5.C23H23F2N3O5/c31-21-11-10-19(23(32)12-21)13-33-29(37)22-14-34-15-25-35(24-9-5-4-8-20(24)17-39-25)30(38)26(34)28(27(22)36)40-16-18-6-2-1-3-7-18;24-14-6-5-12(16(25)7-14)8-26-22(31)15-9-27-10-18-28(23(32)19(27)21(30)20(15)29)17-4-2-1-3-13(17)11-33-18/h1-3,6-7,10-12,14,20,24-25H,4-5,8-9,13,15-17H2,(H,33,37);5-7,9,13,17-18,30H,1-4,8,10-11H2,(H,26,31). The molecule has 4 aliphatic heterocycles. The zero-order valence-electron chi connectivity index (χ0n) is 39.5. The lowest BCUT2D eigenvalue weighted by Crippen LogP contribution is -2.61. The van der Waals surface area contributed by atoms with Crippen LogP contribution in [0.4, 0.5) is 17.6 Å². The summed E-state index contributed by atoms with van der Waals surface area (Å²) in [5, 5.41) is 15.5. The predicted octanol–water partition coefficient (Wildman–Crippen LogP) is 6.14. The molecule has 6 aliphatic rings. The number of fused-ring (bicyclic) bond motifs is 8. The molecule has 20 heteroatoms. The summed E-state index contributed by atoms with van der Waals surface area (Å²) < 4.78 is 75.3. The third-order valence-electron chi connectivity index (χ3n) is 14.8. The predicted molar refractivity (Wildman–Crippen MR) is 252 cm³/mol. The SMILES string of the molecule is O=C(NCc1ccc(F)cc1F)c1cn2c(c(O)c1=O)C(=O)N1C(C2)OCC2CCCCC21.O=C(NCc1ccc(F)cc1F)c1cn2c(c(OCc3ccccc3)c1=O)C(=O)N1C(C2)OCC2CCCCC21. The molecule has 2 aromatic heterocycles. The highest BCUT2D eigenvalue weighted by Crippen LogP contribution is 2.40. The van der Waals surface area contributed by atoms with E-state index in [1.807, 2.05) is 30.3 Å². The van der Waals surface area contributed by atoms with Crippen LogP contribution in [-0.2, 0) is 42.3 Å². The van der Waals surface area contributed by atoms with Gasteiger partial charge in [0.05, 0.1) is 26.3 Å². The maximum atomic E-state index is 14.1. The minimum absolute atomic E-state index is 0.00170. The number of halogens is 4. The maximum Gasteiger partial charge on any atom is 0.276 e. The van der Waals surface area contributed by atoms with Gasteiger partial charge in [0.1, 0.15) is 41.0 Å². The molecule has 0 radical (unpaired) electrons. The summed E-state index contributed by atoms with van der Waals surface area (Å²) in [5.41, 5.74) is -1.52. The van der Waals surface area contributed by atoms with Crippen LogP contribution in [-0.4, -0.2) is 85.4 Å². The van der Waals surface area contributed by atoms with Gasteiger partial charge >= 0.3 is 0 Å². The fourth-order valence-corrected chi connectivity index (χ4v) is 11.1. The lowest BCUT2D eigenvalue weighted by molar-refractivity contribution is -0.149. The van der Waals surface area contributed by atoms with Crippen molar-refractivity contribution < 1.29 is 56.1 Å². The number of ether oxygens (including phenoxy) is 3. The van der Waals surface area contributed by atoms with Crippen molar-refractivity contribution in [3.8, 4) is 11.5 Å². The van der Waals surface area contributed by atoms with Gasteiger partial charge < -0.3 is 48.9 Å². The number of benzene rings is 3. The number of nitrogens with zero attached hydrogens (tertiary/aromatic N) is 4. The highest BCUT2D eigenvalue weighted by atomic mass is 19.1. The van der Waals surface area contributed by atoms with E-state index < -0.39 is 70.1 Å². The van der Waals surface area contributed by atoms with Crippen LogP contribution in [0, 0.1) is 35.1 Å². The molecule has 5 aromatic rings. The number of rotatable bonds is 9. The third-order valence-corrected chi connectivity index (χ3v) is 14.8. The molecule has 16 nitrogen and oxygen atoms in total. The number of carbonyl (C=O) groups is 4. The number of hydrogen-bond donors (Lipinski definition) is 3. The Balaban J connectivity index is 0.000000171. The second-order valence-corrected chi connectivity index (χ2v) is 19.3. The number of hydrogen-bond acceptors (Lipinski definition) is 10. The summed E-state index contributed by atoms with van der Waals surface area (Å²) >= 11 is 0. The van der Waals surface area contributed by atoms with E-state index in [2.05, 4.69) is 10.6 Å². The van der Waals surface area contributed by atoms with Crippen molar-refractivity contribution in [3.05, 3.63) is 162 Å². The van der Waals surface area contributed by atoms with Crippen molar-refractivity contribution in [2.24, 2.45) is 11.8 Å². The summed E-state index contributed by atoms with van der Waals surface area (Å²) in [7, 11) is 0. The molecule has 6 unspecified atom stereocenters. The van der Waals surface area contributed by atoms with Crippen LogP contribution in [0.5, 0.6) is 11.5 Å². The van der Waals surface area contributed by atoms with Gasteiger partial charge in [0.15, 0.2) is 35.3 Å². The van der Waals surface area contributed by atoms with Gasteiger partial charge in [0.25, 0.3) is 23.6 Å². The summed E-state index contributed by atoms with van der Waals surface area (Å²) in [6.07, 6.45) is 9.38. The normalized spacial score (nSPS) is 22.7. The average Bonchev–Trinajstić information content (AvgIpc) is 3.38. The average molecular weight is 1010 g/mol. The molecule has 2 saturated carbocycles. The maximum absolute atomic E-state index is 14.1. The fraction of sp³-hybridized carbons (Fsp3) is 0.396. The molecular formula is C53H52F4N6O10. The van der Waals surface area contributed by atoms with Gasteiger partial charge in [-0.15, -0.1) is 0 Å². The monoisotopic (exact) mass is 1010 g/mol. The Labute approximate surface area is 415 Å². The quantitative estimate of drug-likeness (QED) is 0.145. The largest absolute Gasteiger partial charge is 0.503 e. The van der Waals surface area contributed by atoms with Gasteiger partial charge in [-0.05, 0) is 43.4 Å². The zero-order valence-corrected chi connectivity index (χ0v) is 39.5. The summed E-state index contributed by atoms with van der Waals surface area (Å²) in [4.78, 5) is 82.9.